The van der Waals surface area contributed by atoms with E-state index in [9.17, 15) is 44.1 Å². The van der Waals surface area contributed by atoms with Crippen LogP contribution in [-0.2, 0) is 66.7 Å². The number of hydrogen-bond donors (Lipinski definition) is 3. The minimum atomic E-state index is -2.90. The van der Waals surface area contributed by atoms with Gasteiger partial charge in [-0.15, -0.1) is 0 Å². The molecule has 320 valence electrons. The van der Waals surface area contributed by atoms with Crippen LogP contribution in [0.1, 0.15) is 93.7 Å². The summed E-state index contributed by atoms with van der Waals surface area (Å²) in [4.78, 5) is 79.9. The highest BCUT2D eigenvalue weighted by molar-refractivity contribution is 5.80. The van der Waals surface area contributed by atoms with Gasteiger partial charge < -0.3 is 57.6 Å². The maximum atomic E-state index is 14.5. The molecular weight excluding hydrogens is 768 g/mol. The fourth-order valence-electron chi connectivity index (χ4n) is 13.2. The Morgan fingerprint density at radius 1 is 0.828 bits per heavy atom. The molecule has 3 heterocycles. The lowest BCUT2D eigenvalue weighted by molar-refractivity contribution is -0.443. The molecule has 6 fully saturated rings. The Kier molecular flexibility index (Phi) is 9.21. The monoisotopic (exact) mass is 820 g/mol. The largest absolute Gasteiger partial charge is 0.472 e. The van der Waals surface area contributed by atoms with Gasteiger partial charge in [0.05, 0.1) is 25.1 Å². The number of carbonyl (C=O) groups is 6. The van der Waals surface area contributed by atoms with E-state index in [0.717, 1.165) is 41.7 Å². The van der Waals surface area contributed by atoms with E-state index in [1.807, 2.05) is 0 Å². The average molecular weight is 821 g/mol. The van der Waals surface area contributed by atoms with Crippen LogP contribution in [-0.4, -0.2) is 117 Å². The number of esters is 6. The van der Waals surface area contributed by atoms with Crippen molar-refractivity contribution in [1.82, 2.24) is 0 Å². The zero-order valence-corrected chi connectivity index (χ0v) is 34.3. The number of hydrogen-bond acceptors (Lipinski definition) is 18. The zero-order valence-electron chi connectivity index (χ0n) is 34.3. The molecule has 16 atom stereocenters. The summed E-state index contributed by atoms with van der Waals surface area (Å²) >= 11 is 0. The van der Waals surface area contributed by atoms with Gasteiger partial charge in [0.1, 0.15) is 35.1 Å². The number of fused-ring (bicyclic) bond motifs is 4. The van der Waals surface area contributed by atoms with Crippen LogP contribution < -0.4 is 0 Å². The Balaban J connectivity index is 1.68. The Labute approximate surface area is 334 Å². The van der Waals surface area contributed by atoms with Crippen molar-refractivity contribution in [3.05, 3.63) is 24.2 Å². The maximum Gasteiger partial charge on any atom is 0.347 e. The first kappa shape index (κ1) is 42.0. The molecule has 4 aliphatic carbocycles. The molecular formula is C40H52O18. The lowest BCUT2D eigenvalue weighted by Crippen LogP contribution is -2.96. The van der Waals surface area contributed by atoms with E-state index in [1.165, 1.54) is 32.4 Å². The number of ether oxygens (including phenoxy) is 8. The molecule has 7 rings (SSSR count). The van der Waals surface area contributed by atoms with Crippen molar-refractivity contribution in [2.24, 2.45) is 34.0 Å². The van der Waals surface area contributed by atoms with Crippen LogP contribution in [0.25, 0.3) is 0 Å². The van der Waals surface area contributed by atoms with Gasteiger partial charge in [0.25, 0.3) is 0 Å². The quantitative estimate of drug-likeness (QED) is 0.224. The van der Waals surface area contributed by atoms with E-state index >= 15 is 0 Å². The average Bonchev–Trinajstić information content (AvgIpc) is 3.91. The first-order valence-electron chi connectivity index (χ1n) is 19.3. The van der Waals surface area contributed by atoms with Crippen LogP contribution in [0.3, 0.4) is 0 Å². The van der Waals surface area contributed by atoms with Crippen molar-refractivity contribution >= 4 is 35.8 Å². The lowest BCUT2D eigenvalue weighted by Gasteiger charge is -2.77. The maximum absolute atomic E-state index is 14.5. The molecule has 58 heavy (non-hydrogen) atoms. The summed E-state index contributed by atoms with van der Waals surface area (Å²) in [5.74, 6) is -10.9. The Morgan fingerprint density at radius 3 is 1.91 bits per heavy atom. The summed E-state index contributed by atoms with van der Waals surface area (Å²) in [5, 5.41) is 41.9. The molecule has 4 bridgehead atoms. The predicted octanol–water partition coefficient (Wildman–Crippen LogP) is 1.58. The third-order valence-corrected chi connectivity index (χ3v) is 14.9. The van der Waals surface area contributed by atoms with Crippen LogP contribution in [0.15, 0.2) is 23.0 Å². The standard InChI is InChI=1S/C40H52O18/c1-17(2)36-14-24-34(9,27(53-19(4)42)23-12-13-51-15-23)28(54-20(5)43)29(55-21(6)44)40(49)35(10)26(25(30(46)50-11)52-18(3)41)33(8)16-37(35,47)38(48,31(33)56-22(7)45)32(57-36)39(24,40)58-36/h12-13,15,17,24-29,31-32,47-49H,14,16H2,1-11H3. The summed E-state index contributed by atoms with van der Waals surface area (Å²) in [7, 11) is 1.03. The van der Waals surface area contributed by atoms with Crippen molar-refractivity contribution in [1.29, 1.82) is 0 Å². The van der Waals surface area contributed by atoms with Crippen molar-refractivity contribution in [2.75, 3.05) is 7.11 Å². The fourth-order valence-corrected chi connectivity index (χ4v) is 13.2. The van der Waals surface area contributed by atoms with Crippen LogP contribution >= 0.6 is 0 Å². The summed E-state index contributed by atoms with van der Waals surface area (Å²) in [6, 6.07) is 1.51. The first-order valence-corrected chi connectivity index (χ1v) is 19.3. The SMILES string of the molecule is COC(=O)C(OC(C)=O)C1C2(C)CC3(O)C(O)(C2OC(C)=O)C2OC4(C(C)C)CC5C(C)(C(OC(C)=O)c6ccoc6)C(OC(C)=O)C(OC(C)=O)C(O)(C52O4)C13C. The highest BCUT2D eigenvalue weighted by atomic mass is 16.8. The van der Waals surface area contributed by atoms with Gasteiger partial charge in [0, 0.05) is 75.2 Å². The molecule has 0 radical (unpaired) electrons. The molecule has 16 unspecified atom stereocenters. The highest BCUT2D eigenvalue weighted by Gasteiger charge is 3.03. The number of carbonyl (C=O) groups excluding carboxylic acids is 6. The Morgan fingerprint density at radius 2 is 1.41 bits per heavy atom. The molecule has 4 saturated carbocycles. The van der Waals surface area contributed by atoms with E-state index in [0.29, 0.717) is 0 Å². The second-order valence-electron chi connectivity index (χ2n) is 17.9. The normalized spacial score (nSPS) is 46.1. The second-order valence-corrected chi connectivity index (χ2v) is 17.9. The number of methoxy groups -OCH3 is 1. The van der Waals surface area contributed by atoms with Crippen molar-refractivity contribution in [2.45, 2.75) is 147 Å². The van der Waals surface area contributed by atoms with Crippen molar-refractivity contribution in [3.63, 3.8) is 0 Å². The first-order chi connectivity index (χ1) is 26.8. The summed E-state index contributed by atoms with van der Waals surface area (Å²) in [5.41, 5.74) is -16.4. The topological polar surface area (TPSA) is 250 Å². The van der Waals surface area contributed by atoms with Gasteiger partial charge in [-0.05, 0) is 12.5 Å². The van der Waals surface area contributed by atoms with Crippen molar-refractivity contribution < 1.29 is 86.4 Å². The lowest BCUT2D eigenvalue weighted by atomic mass is 9.32. The molecule has 0 amide bonds. The van der Waals surface area contributed by atoms with Gasteiger partial charge in [-0.1, -0.05) is 34.6 Å². The predicted molar refractivity (Wildman–Crippen MR) is 189 cm³/mol. The number of furan rings is 1. The molecule has 2 aliphatic heterocycles. The molecule has 18 heteroatoms. The molecule has 1 aromatic heterocycles. The fraction of sp³-hybridized carbons (Fsp3) is 0.750. The van der Waals surface area contributed by atoms with Crippen molar-refractivity contribution in [3.8, 4) is 0 Å². The molecule has 1 aromatic rings. The molecule has 0 aromatic carbocycles. The Bertz CT molecular complexity index is 1950. The molecule has 18 nitrogen and oxygen atoms in total. The minimum absolute atomic E-state index is 0.144. The molecule has 1 spiro atoms. The number of aliphatic hydroxyl groups is 3. The zero-order chi connectivity index (χ0) is 43.1. The van der Waals surface area contributed by atoms with Crippen LogP contribution in [0.5, 0.6) is 0 Å². The van der Waals surface area contributed by atoms with Gasteiger partial charge in [-0.3, -0.25) is 24.0 Å². The third-order valence-electron chi connectivity index (χ3n) is 14.9. The summed E-state index contributed by atoms with van der Waals surface area (Å²) in [6.45, 7) is 13.3. The van der Waals surface area contributed by atoms with Gasteiger partial charge in [-0.2, -0.15) is 0 Å². The third kappa shape index (κ3) is 4.60. The van der Waals surface area contributed by atoms with E-state index in [-0.39, 0.29) is 12.0 Å². The summed E-state index contributed by atoms with van der Waals surface area (Å²) in [6.07, 6.45) is -8.88. The highest BCUT2D eigenvalue weighted by Crippen LogP contribution is 2.87. The number of rotatable bonds is 10. The minimum Gasteiger partial charge on any atom is -0.472 e. The van der Waals surface area contributed by atoms with Crippen LogP contribution in [0.2, 0.25) is 0 Å². The van der Waals surface area contributed by atoms with Crippen LogP contribution in [0, 0.1) is 34.0 Å². The van der Waals surface area contributed by atoms with E-state index in [1.54, 1.807) is 20.8 Å². The second kappa shape index (κ2) is 12.7. The Hall–Kier alpha value is -4.10. The molecule has 6 aliphatic rings. The van der Waals surface area contributed by atoms with Gasteiger partial charge in [0.2, 0.25) is 6.10 Å². The van der Waals surface area contributed by atoms with E-state index in [2.05, 4.69) is 0 Å². The smallest absolute Gasteiger partial charge is 0.347 e. The molecule has 2 saturated heterocycles. The van der Waals surface area contributed by atoms with Gasteiger partial charge >= 0.3 is 35.8 Å². The molecule has 3 N–H and O–H groups in total. The van der Waals surface area contributed by atoms with E-state index < -0.39 is 141 Å². The van der Waals surface area contributed by atoms with E-state index in [4.69, 9.17) is 42.3 Å². The van der Waals surface area contributed by atoms with Gasteiger partial charge in [0.15, 0.2) is 23.6 Å². The summed E-state index contributed by atoms with van der Waals surface area (Å²) < 4.78 is 54.8. The van der Waals surface area contributed by atoms with Crippen LogP contribution in [0.4, 0.5) is 0 Å². The van der Waals surface area contributed by atoms with Gasteiger partial charge in [-0.25, -0.2) is 4.79 Å².